The highest BCUT2D eigenvalue weighted by Crippen LogP contribution is 2.32. The van der Waals surface area contributed by atoms with Crippen molar-refractivity contribution < 1.29 is 19.4 Å². The number of ether oxygens (including phenoxy) is 1. The van der Waals surface area contributed by atoms with E-state index >= 15 is 0 Å². The van der Waals surface area contributed by atoms with E-state index in [0.29, 0.717) is 17.0 Å². The summed E-state index contributed by atoms with van der Waals surface area (Å²) in [6, 6.07) is 11.0. The Hall–Kier alpha value is -3.35. The lowest BCUT2D eigenvalue weighted by Crippen LogP contribution is -2.15. The summed E-state index contributed by atoms with van der Waals surface area (Å²) < 4.78 is 7.29. The highest BCUT2D eigenvalue weighted by molar-refractivity contribution is 6.10. The number of amides is 1. The summed E-state index contributed by atoms with van der Waals surface area (Å²) >= 11 is 0. The van der Waals surface area contributed by atoms with Crippen molar-refractivity contribution in [2.24, 2.45) is 0 Å². The van der Waals surface area contributed by atoms with Crippen molar-refractivity contribution in [2.75, 3.05) is 11.9 Å². The minimum atomic E-state index is -1.04. The topological polar surface area (TPSA) is 93.5 Å². The zero-order chi connectivity index (χ0) is 21.0. The molecule has 7 heteroatoms. The van der Waals surface area contributed by atoms with Gasteiger partial charge < -0.3 is 15.2 Å². The lowest BCUT2D eigenvalue weighted by Gasteiger charge is -2.16. The van der Waals surface area contributed by atoms with Gasteiger partial charge in [-0.05, 0) is 31.9 Å². The zero-order valence-electron chi connectivity index (χ0n) is 16.8. The zero-order valence-corrected chi connectivity index (χ0v) is 16.8. The lowest BCUT2D eigenvalue weighted by molar-refractivity contribution is -0.139. The summed E-state index contributed by atoms with van der Waals surface area (Å²) in [4.78, 5) is 23.7. The minimum Gasteiger partial charge on any atom is -0.481 e. The monoisotopic (exact) mass is 395 g/mol. The first-order valence-corrected chi connectivity index (χ1v) is 9.68. The molecule has 0 spiro atoms. The van der Waals surface area contributed by atoms with Gasteiger partial charge in [0.05, 0.1) is 17.8 Å². The van der Waals surface area contributed by atoms with E-state index in [-0.39, 0.29) is 11.9 Å². The van der Waals surface area contributed by atoms with Gasteiger partial charge in [-0.3, -0.25) is 9.48 Å². The molecule has 2 aromatic carbocycles. The second-order valence-corrected chi connectivity index (χ2v) is 6.85. The van der Waals surface area contributed by atoms with Crippen molar-refractivity contribution in [2.45, 2.75) is 39.7 Å². The third-order valence-electron chi connectivity index (χ3n) is 5.06. The van der Waals surface area contributed by atoms with E-state index in [4.69, 9.17) is 9.84 Å². The van der Waals surface area contributed by atoms with Gasteiger partial charge in [-0.1, -0.05) is 38.1 Å². The molecule has 152 valence electrons. The van der Waals surface area contributed by atoms with Gasteiger partial charge in [0.2, 0.25) is 0 Å². The number of hydrogen-bond acceptors (Lipinski definition) is 4. The third-order valence-corrected chi connectivity index (χ3v) is 5.06. The number of rotatable bonds is 8. The maximum Gasteiger partial charge on any atom is 0.341 e. The molecule has 0 aliphatic rings. The summed E-state index contributed by atoms with van der Waals surface area (Å²) in [7, 11) is 0. The average Bonchev–Trinajstić information content (AvgIpc) is 3.09. The Kier molecular flexibility index (Phi) is 6.16. The maximum atomic E-state index is 12.9. The molecule has 29 heavy (non-hydrogen) atoms. The summed E-state index contributed by atoms with van der Waals surface area (Å²) in [6.07, 6.45) is 3.50. The van der Waals surface area contributed by atoms with Crippen LogP contribution in [-0.4, -0.2) is 33.4 Å². The molecule has 7 nitrogen and oxygen atoms in total. The molecule has 0 saturated heterocycles. The van der Waals surface area contributed by atoms with Crippen LogP contribution in [0.5, 0.6) is 5.75 Å². The van der Waals surface area contributed by atoms with Crippen molar-refractivity contribution in [1.29, 1.82) is 0 Å². The van der Waals surface area contributed by atoms with E-state index in [1.54, 1.807) is 18.3 Å². The average molecular weight is 395 g/mol. The normalized spacial score (nSPS) is 11.0. The molecule has 0 unspecified atom stereocenters. The van der Waals surface area contributed by atoms with Gasteiger partial charge in [0.1, 0.15) is 5.75 Å². The van der Waals surface area contributed by atoms with Crippen LogP contribution < -0.4 is 10.1 Å². The molecule has 0 fully saturated rings. The Bertz CT molecular complexity index is 1040. The predicted molar refractivity (Wildman–Crippen MR) is 112 cm³/mol. The third kappa shape index (κ3) is 4.23. The first kappa shape index (κ1) is 20.4. The van der Waals surface area contributed by atoms with Crippen LogP contribution >= 0.6 is 0 Å². The summed E-state index contributed by atoms with van der Waals surface area (Å²) in [6.45, 7) is 5.69. The Morgan fingerprint density at radius 2 is 1.83 bits per heavy atom. The number of benzene rings is 2. The number of nitrogens with one attached hydrogen (secondary N) is 1. The molecule has 0 bridgehead atoms. The van der Waals surface area contributed by atoms with E-state index in [1.807, 2.05) is 35.9 Å². The highest BCUT2D eigenvalue weighted by atomic mass is 16.5. The van der Waals surface area contributed by atoms with Crippen LogP contribution in [0, 0.1) is 6.92 Å². The SMILES string of the molecule is CCC(CC)n1ncc(C(=O)Nc2ccc(OCC(=O)O)c3ccccc23)c1C. The molecule has 3 aromatic rings. The van der Waals surface area contributed by atoms with E-state index in [0.717, 1.165) is 29.3 Å². The van der Waals surface area contributed by atoms with E-state index in [9.17, 15) is 9.59 Å². The Morgan fingerprint density at radius 1 is 1.14 bits per heavy atom. The molecule has 0 saturated carbocycles. The molecule has 1 heterocycles. The maximum absolute atomic E-state index is 12.9. The summed E-state index contributed by atoms with van der Waals surface area (Å²) in [5.74, 6) is -0.820. The van der Waals surface area contributed by atoms with Crippen molar-refractivity contribution >= 4 is 28.3 Å². The number of fused-ring (bicyclic) bond motifs is 1. The van der Waals surface area contributed by atoms with Gasteiger partial charge in [0.15, 0.2) is 6.61 Å². The molecular formula is C22H25N3O4. The van der Waals surface area contributed by atoms with Gasteiger partial charge in [-0.2, -0.15) is 5.10 Å². The number of carboxylic acids is 1. The van der Waals surface area contributed by atoms with Crippen LogP contribution in [0.1, 0.15) is 48.8 Å². The van der Waals surface area contributed by atoms with Gasteiger partial charge in [-0.25, -0.2) is 4.79 Å². The fourth-order valence-electron chi connectivity index (χ4n) is 3.48. The molecule has 3 rings (SSSR count). The van der Waals surface area contributed by atoms with Crippen LogP contribution in [0.2, 0.25) is 0 Å². The fourth-order valence-corrected chi connectivity index (χ4v) is 3.48. The number of carbonyl (C=O) groups is 2. The molecule has 1 aromatic heterocycles. The summed E-state index contributed by atoms with van der Waals surface area (Å²) in [5.41, 5.74) is 2.00. The number of carbonyl (C=O) groups excluding carboxylic acids is 1. The van der Waals surface area contributed by atoms with E-state index < -0.39 is 12.6 Å². The molecule has 0 atom stereocenters. The minimum absolute atomic E-state index is 0.232. The largest absolute Gasteiger partial charge is 0.481 e. The Labute approximate surface area is 169 Å². The van der Waals surface area contributed by atoms with E-state index in [2.05, 4.69) is 24.3 Å². The lowest BCUT2D eigenvalue weighted by atomic mass is 10.1. The van der Waals surface area contributed by atoms with Gasteiger partial charge in [0.25, 0.3) is 5.91 Å². The highest BCUT2D eigenvalue weighted by Gasteiger charge is 2.19. The van der Waals surface area contributed by atoms with Crippen molar-refractivity contribution in [3.63, 3.8) is 0 Å². The first-order chi connectivity index (χ1) is 14.0. The van der Waals surface area contributed by atoms with Gasteiger partial charge in [0, 0.05) is 22.2 Å². The number of aliphatic carboxylic acids is 1. The number of hydrogen-bond donors (Lipinski definition) is 2. The smallest absolute Gasteiger partial charge is 0.341 e. The molecule has 0 aliphatic carbocycles. The molecule has 2 N–H and O–H groups in total. The molecule has 0 aliphatic heterocycles. The van der Waals surface area contributed by atoms with Crippen LogP contribution in [0.3, 0.4) is 0 Å². The van der Waals surface area contributed by atoms with Gasteiger partial charge >= 0.3 is 5.97 Å². The summed E-state index contributed by atoms with van der Waals surface area (Å²) in [5, 5.41) is 17.7. The fraction of sp³-hybridized carbons (Fsp3) is 0.318. The van der Waals surface area contributed by atoms with Crippen LogP contribution in [0.25, 0.3) is 10.8 Å². The molecular weight excluding hydrogens is 370 g/mol. The second-order valence-electron chi connectivity index (χ2n) is 6.85. The van der Waals surface area contributed by atoms with Crippen LogP contribution in [-0.2, 0) is 4.79 Å². The van der Waals surface area contributed by atoms with E-state index in [1.165, 1.54) is 0 Å². The second kappa shape index (κ2) is 8.77. The number of nitrogens with zero attached hydrogens (tertiary/aromatic N) is 2. The molecule has 1 amide bonds. The molecule has 0 radical (unpaired) electrons. The Balaban J connectivity index is 1.90. The van der Waals surface area contributed by atoms with Crippen molar-refractivity contribution in [1.82, 2.24) is 9.78 Å². The predicted octanol–water partition coefficient (Wildman–Crippen LogP) is 4.42. The first-order valence-electron chi connectivity index (χ1n) is 9.68. The van der Waals surface area contributed by atoms with Gasteiger partial charge in [-0.15, -0.1) is 0 Å². The quantitative estimate of drug-likeness (QED) is 0.589. The Morgan fingerprint density at radius 3 is 2.48 bits per heavy atom. The standard InChI is InChI=1S/C22H25N3O4/c1-4-15(5-2)25-14(3)18(12-23-25)22(28)24-19-10-11-20(29-13-21(26)27)17-9-7-6-8-16(17)19/h6-12,15H,4-5,13H2,1-3H3,(H,24,28)(H,26,27). The van der Waals surface area contributed by atoms with Crippen molar-refractivity contribution in [3.05, 3.63) is 53.9 Å². The van der Waals surface area contributed by atoms with Crippen LogP contribution in [0.4, 0.5) is 5.69 Å². The van der Waals surface area contributed by atoms with Crippen LogP contribution in [0.15, 0.2) is 42.6 Å². The number of carboxylic acid groups (broad SMARTS) is 1. The van der Waals surface area contributed by atoms with Crippen molar-refractivity contribution in [3.8, 4) is 5.75 Å². The number of anilines is 1. The number of aromatic nitrogens is 2.